The van der Waals surface area contributed by atoms with Crippen molar-refractivity contribution in [1.29, 1.82) is 0 Å². The molecule has 0 amide bonds. The van der Waals surface area contributed by atoms with Crippen LogP contribution in [0.15, 0.2) is 35.3 Å². The van der Waals surface area contributed by atoms with Crippen LogP contribution >= 0.6 is 23.2 Å². The van der Waals surface area contributed by atoms with Gasteiger partial charge in [0.05, 0.1) is 18.4 Å². The summed E-state index contributed by atoms with van der Waals surface area (Å²) in [5.41, 5.74) is 0.410. The summed E-state index contributed by atoms with van der Waals surface area (Å²) in [7, 11) is 2.08. The summed E-state index contributed by atoms with van der Waals surface area (Å²) in [6, 6.07) is 7.07. The molecule has 134 valence electrons. The molecule has 25 heavy (non-hydrogen) atoms. The Labute approximate surface area is 156 Å². The maximum absolute atomic E-state index is 12.4. The minimum atomic E-state index is -0.294. The smallest absolute Gasteiger partial charge is 0.287 e. The Morgan fingerprint density at radius 3 is 2.48 bits per heavy atom. The number of ether oxygens (including phenoxy) is 1. The summed E-state index contributed by atoms with van der Waals surface area (Å²) >= 11 is 12.1. The molecular formula is C17H20Cl2N4O2. The first-order valence-electron chi connectivity index (χ1n) is 8.12. The second-order valence-corrected chi connectivity index (χ2v) is 6.78. The molecule has 0 unspecified atom stereocenters. The van der Waals surface area contributed by atoms with Crippen molar-refractivity contribution in [3.63, 3.8) is 0 Å². The third kappa shape index (κ3) is 4.45. The Morgan fingerprint density at radius 2 is 1.80 bits per heavy atom. The van der Waals surface area contributed by atoms with E-state index in [0.717, 1.165) is 26.2 Å². The van der Waals surface area contributed by atoms with Crippen LogP contribution in [0.3, 0.4) is 0 Å². The molecule has 8 heteroatoms. The predicted octanol–water partition coefficient (Wildman–Crippen LogP) is 2.38. The minimum absolute atomic E-state index is 0.214. The molecule has 1 aliphatic heterocycles. The van der Waals surface area contributed by atoms with Crippen LogP contribution in [0.5, 0.6) is 5.75 Å². The highest BCUT2D eigenvalue weighted by Crippen LogP contribution is 2.22. The molecule has 0 aliphatic carbocycles. The van der Waals surface area contributed by atoms with Crippen molar-refractivity contribution < 1.29 is 4.74 Å². The highest BCUT2D eigenvalue weighted by molar-refractivity contribution is 6.33. The Kier molecular flexibility index (Phi) is 5.83. The Morgan fingerprint density at radius 1 is 1.12 bits per heavy atom. The third-order valence-electron chi connectivity index (χ3n) is 4.20. The molecule has 1 aromatic heterocycles. The van der Waals surface area contributed by atoms with Crippen LogP contribution in [0.2, 0.25) is 10.0 Å². The Bertz CT molecular complexity index is 771. The van der Waals surface area contributed by atoms with Crippen molar-refractivity contribution in [2.24, 2.45) is 0 Å². The van der Waals surface area contributed by atoms with E-state index in [0.29, 0.717) is 29.6 Å². The maximum atomic E-state index is 12.4. The minimum Gasteiger partial charge on any atom is -0.492 e. The number of anilines is 1. The molecule has 1 aromatic carbocycles. The first kappa shape index (κ1) is 18.0. The van der Waals surface area contributed by atoms with Crippen LogP contribution in [-0.2, 0) is 6.54 Å². The molecule has 0 N–H and O–H groups in total. The number of likely N-dealkylation sites (N-methyl/N-ethyl adjacent to an activating group) is 1. The van der Waals surface area contributed by atoms with E-state index < -0.39 is 0 Å². The van der Waals surface area contributed by atoms with Gasteiger partial charge in [0.1, 0.15) is 17.4 Å². The highest BCUT2D eigenvalue weighted by Gasteiger charge is 2.19. The number of hydrogen-bond acceptors (Lipinski definition) is 5. The predicted molar refractivity (Wildman–Crippen MR) is 100 cm³/mol. The van der Waals surface area contributed by atoms with Crippen LogP contribution in [-0.4, -0.2) is 54.5 Å². The molecule has 1 aliphatic rings. The largest absolute Gasteiger partial charge is 0.492 e. The normalized spacial score (nSPS) is 15.4. The van der Waals surface area contributed by atoms with Crippen molar-refractivity contribution in [2.75, 3.05) is 44.7 Å². The number of piperazine rings is 1. The van der Waals surface area contributed by atoms with E-state index in [1.165, 1.54) is 4.68 Å². The summed E-state index contributed by atoms with van der Waals surface area (Å²) in [5.74, 6) is 0.692. The zero-order valence-electron chi connectivity index (χ0n) is 14.0. The van der Waals surface area contributed by atoms with Gasteiger partial charge in [-0.05, 0) is 31.3 Å². The van der Waals surface area contributed by atoms with Gasteiger partial charge in [-0.15, -0.1) is 0 Å². The Balaban J connectivity index is 1.64. The summed E-state index contributed by atoms with van der Waals surface area (Å²) < 4.78 is 6.93. The van der Waals surface area contributed by atoms with E-state index in [1.54, 1.807) is 30.5 Å². The molecule has 2 aromatic rings. The lowest BCUT2D eigenvalue weighted by molar-refractivity contribution is 0.287. The first-order valence-corrected chi connectivity index (χ1v) is 8.87. The van der Waals surface area contributed by atoms with E-state index in [-0.39, 0.29) is 10.6 Å². The van der Waals surface area contributed by atoms with E-state index in [4.69, 9.17) is 27.9 Å². The average Bonchev–Trinajstić information content (AvgIpc) is 2.61. The first-order chi connectivity index (χ1) is 12.0. The van der Waals surface area contributed by atoms with Gasteiger partial charge in [-0.3, -0.25) is 4.79 Å². The fraction of sp³-hybridized carbons (Fsp3) is 0.412. The molecule has 1 saturated heterocycles. The van der Waals surface area contributed by atoms with Gasteiger partial charge in [0.15, 0.2) is 0 Å². The van der Waals surface area contributed by atoms with Gasteiger partial charge in [0.25, 0.3) is 5.56 Å². The highest BCUT2D eigenvalue weighted by atomic mass is 35.5. The van der Waals surface area contributed by atoms with Gasteiger partial charge < -0.3 is 14.5 Å². The number of halogens is 2. The van der Waals surface area contributed by atoms with Gasteiger partial charge in [-0.1, -0.05) is 23.2 Å². The topological polar surface area (TPSA) is 50.6 Å². The number of hydrogen-bond donors (Lipinski definition) is 0. The lowest BCUT2D eigenvalue weighted by atomic mass is 10.3. The van der Waals surface area contributed by atoms with Crippen LogP contribution in [0.25, 0.3) is 0 Å². The van der Waals surface area contributed by atoms with Crippen molar-refractivity contribution >= 4 is 28.9 Å². The second kappa shape index (κ2) is 8.08. The number of nitrogens with zero attached hydrogens (tertiary/aromatic N) is 4. The monoisotopic (exact) mass is 382 g/mol. The van der Waals surface area contributed by atoms with Crippen LogP contribution in [0.4, 0.5) is 5.69 Å². The molecule has 0 radical (unpaired) electrons. The van der Waals surface area contributed by atoms with Crippen molar-refractivity contribution in [3.05, 3.63) is 50.9 Å². The van der Waals surface area contributed by atoms with Gasteiger partial charge >= 0.3 is 0 Å². The molecule has 0 atom stereocenters. The van der Waals surface area contributed by atoms with Crippen molar-refractivity contribution in [2.45, 2.75) is 6.54 Å². The molecule has 0 bridgehead atoms. The maximum Gasteiger partial charge on any atom is 0.287 e. The number of rotatable bonds is 5. The fourth-order valence-corrected chi connectivity index (χ4v) is 3.06. The number of aromatic nitrogens is 2. The lowest BCUT2D eigenvalue weighted by Gasteiger charge is -2.34. The van der Waals surface area contributed by atoms with Crippen molar-refractivity contribution in [3.8, 4) is 5.75 Å². The molecule has 2 heterocycles. The van der Waals surface area contributed by atoms with E-state index >= 15 is 0 Å². The van der Waals surface area contributed by atoms with Crippen molar-refractivity contribution in [1.82, 2.24) is 14.7 Å². The SMILES string of the molecule is CN1CCN(c2cnn(CCOc3ccc(Cl)cc3)c(=O)c2Cl)CC1. The van der Waals surface area contributed by atoms with E-state index in [2.05, 4.69) is 21.9 Å². The molecular weight excluding hydrogens is 363 g/mol. The molecule has 0 saturated carbocycles. The average molecular weight is 383 g/mol. The van der Waals surface area contributed by atoms with Gasteiger partial charge in [0.2, 0.25) is 0 Å². The van der Waals surface area contributed by atoms with Crippen LogP contribution < -0.4 is 15.2 Å². The lowest BCUT2D eigenvalue weighted by Crippen LogP contribution is -2.45. The van der Waals surface area contributed by atoms with Gasteiger partial charge in [0, 0.05) is 31.2 Å². The van der Waals surface area contributed by atoms with Gasteiger partial charge in [-0.25, -0.2) is 4.68 Å². The van der Waals surface area contributed by atoms with Crippen LogP contribution in [0.1, 0.15) is 0 Å². The second-order valence-electron chi connectivity index (χ2n) is 5.96. The summed E-state index contributed by atoms with van der Waals surface area (Å²) in [6.07, 6.45) is 1.66. The quantitative estimate of drug-likeness (QED) is 0.794. The summed E-state index contributed by atoms with van der Waals surface area (Å²) in [6.45, 7) is 4.19. The standard InChI is InChI=1S/C17H20Cl2N4O2/c1-21-6-8-22(9-7-21)15-12-20-23(17(24)16(15)19)10-11-25-14-4-2-13(18)3-5-14/h2-5,12H,6-11H2,1H3. The zero-order valence-corrected chi connectivity index (χ0v) is 15.5. The summed E-state index contributed by atoms with van der Waals surface area (Å²) in [5, 5.41) is 5.11. The summed E-state index contributed by atoms with van der Waals surface area (Å²) in [4.78, 5) is 16.8. The van der Waals surface area contributed by atoms with Crippen LogP contribution in [0, 0.1) is 0 Å². The van der Waals surface area contributed by atoms with E-state index in [9.17, 15) is 4.79 Å². The number of benzene rings is 1. The Hall–Kier alpha value is -1.76. The van der Waals surface area contributed by atoms with E-state index in [1.807, 2.05) is 0 Å². The fourth-order valence-electron chi connectivity index (χ4n) is 2.66. The molecule has 1 fully saturated rings. The zero-order chi connectivity index (χ0) is 17.8. The molecule has 3 rings (SSSR count). The molecule has 0 spiro atoms. The van der Waals surface area contributed by atoms with Gasteiger partial charge in [-0.2, -0.15) is 5.10 Å². The molecule has 6 nitrogen and oxygen atoms in total. The third-order valence-corrected chi connectivity index (χ3v) is 4.80.